The summed E-state index contributed by atoms with van der Waals surface area (Å²) >= 11 is 0. The van der Waals surface area contributed by atoms with E-state index in [4.69, 9.17) is 14.9 Å². The van der Waals surface area contributed by atoms with Crippen LogP contribution in [-0.4, -0.2) is 22.1 Å². The van der Waals surface area contributed by atoms with E-state index in [1.807, 2.05) is 0 Å². The van der Waals surface area contributed by atoms with Crippen LogP contribution in [0.3, 0.4) is 0 Å². The normalized spacial score (nSPS) is 13.7. The number of carbonyl (C=O) groups is 1. The Labute approximate surface area is 130 Å². The summed E-state index contributed by atoms with van der Waals surface area (Å²) in [5.74, 6) is -2.22. The first-order valence-corrected chi connectivity index (χ1v) is 6.48. The van der Waals surface area contributed by atoms with Crippen molar-refractivity contribution in [3.05, 3.63) is 54.1 Å². The summed E-state index contributed by atoms with van der Waals surface area (Å²) in [6, 6.07) is 6.92. The first-order chi connectivity index (χ1) is 10.8. The molecule has 3 N–H and O–H groups in total. The summed E-state index contributed by atoms with van der Waals surface area (Å²) in [6.45, 7) is 0.938. The lowest BCUT2D eigenvalue weighted by Crippen LogP contribution is -2.45. The molecule has 1 aromatic heterocycles. The molecule has 2 amide bonds. The molecule has 2 aromatic rings. The second-order valence-electron chi connectivity index (χ2n) is 4.72. The van der Waals surface area contributed by atoms with Crippen molar-refractivity contribution in [2.45, 2.75) is 12.7 Å². The number of amides is 2. The van der Waals surface area contributed by atoms with Gasteiger partial charge in [-0.25, -0.2) is 13.6 Å². The number of hydrogen-bond acceptors (Lipinski definition) is 4. The maximum Gasteiger partial charge on any atom is 0.341 e. The Morgan fingerprint density at radius 1 is 1.35 bits per heavy atom. The molecule has 0 fully saturated rings. The van der Waals surface area contributed by atoms with Crippen molar-refractivity contribution in [3.8, 4) is 11.7 Å². The number of nitrogens with zero attached hydrogens (tertiary/aromatic N) is 1. The summed E-state index contributed by atoms with van der Waals surface area (Å²) in [4.78, 5) is 10.7. The zero-order chi connectivity index (χ0) is 17.0. The molecule has 122 valence electrons. The van der Waals surface area contributed by atoms with Crippen LogP contribution >= 0.6 is 0 Å². The summed E-state index contributed by atoms with van der Waals surface area (Å²) in [6.07, 6.45) is 2.09. The highest BCUT2D eigenvalue weighted by Crippen LogP contribution is 2.25. The van der Waals surface area contributed by atoms with Gasteiger partial charge in [0, 0.05) is 6.07 Å². The summed E-state index contributed by atoms with van der Waals surface area (Å²) in [7, 11) is 0. The molecule has 0 saturated heterocycles. The van der Waals surface area contributed by atoms with Crippen LogP contribution in [0.4, 0.5) is 13.6 Å². The Morgan fingerprint density at radius 3 is 2.61 bits per heavy atom. The Bertz CT molecular complexity index is 711. The van der Waals surface area contributed by atoms with Crippen molar-refractivity contribution in [3.63, 3.8) is 0 Å². The highest BCUT2D eigenvalue weighted by molar-refractivity contribution is 5.71. The second kappa shape index (κ2) is 6.49. The van der Waals surface area contributed by atoms with Crippen LogP contribution in [0, 0.1) is 5.82 Å². The Hall–Kier alpha value is -2.87. The lowest BCUT2D eigenvalue weighted by atomic mass is 10.2. The number of halogens is 2. The topological polar surface area (TPSA) is 88.9 Å². The maximum atomic E-state index is 14.0. The fraction of sp³-hybridized carbons (Fsp3) is 0.133. The van der Waals surface area contributed by atoms with E-state index in [0.717, 1.165) is 13.0 Å². The van der Waals surface area contributed by atoms with Gasteiger partial charge in [0.05, 0.1) is 0 Å². The fourth-order valence-corrected chi connectivity index (χ4v) is 1.62. The number of hydrogen-bond donors (Lipinski definition) is 2. The lowest BCUT2D eigenvalue weighted by molar-refractivity contribution is -0.149. The largest absolute Gasteiger partial charge is 0.426 e. The molecule has 1 atom stereocenters. The molecule has 0 spiro atoms. The predicted octanol–water partition coefficient (Wildman–Crippen LogP) is 3.68. The molecule has 0 radical (unpaired) electrons. The highest BCUT2D eigenvalue weighted by Gasteiger charge is 2.30. The average Bonchev–Trinajstić information content (AvgIpc) is 2.94. The highest BCUT2D eigenvalue weighted by atomic mass is 19.1. The Kier molecular flexibility index (Phi) is 4.65. The molecule has 0 saturated carbocycles. The zero-order valence-corrected chi connectivity index (χ0v) is 12.1. The van der Waals surface area contributed by atoms with E-state index < -0.39 is 17.6 Å². The molecule has 1 unspecified atom stereocenters. The summed E-state index contributed by atoms with van der Waals surface area (Å²) in [5, 5.41) is 8.95. The van der Waals surface area contributed by atoms with Gasteiger partial charge in [0.25, 0.3) is 5.95 Å². The minimum Gasteiger partial charge on any atom is -0.426 e. The van der Waals surface area contributed by atoms with Crippen molar-refractivity contribution in [2.75, 3.05) is 0 Å². The van der Waals surface area contributed by atoms with Gasteiger partial charge in [-0.1, -0.05) is 0 Å². The van der Waals surface area contributed by atoms with Crippen molar-refractivity contribution < 1.29 is 27.9 Å². The summed E-state index contributed by atoms with van der Waals surface area (Å²) < 4.78 is 37.4. The third-order valence-corrected chi connectivity index (χ3v) is 2.81. The van der Waals surface area contributed by atoms with Gasteiger partial charge < -0.3 is 14.9 Å². The number of ether oxygens (including phenoxy) is 1. The van der Waals surface area contributed by atoms with E-state index in [1.165, 1.54) is 42.5 Å². The van der Waals surface area contributed by atoms with Crippen LogP contribution in [-0.2, 0) is 0 Å². The molecule has 0 bridgehead atoms. The first-order valence-electron chi connectivity index (χ1n) is 6.48. The molecule has 0 aliphatic heterocycles. The monoisotopic (exact) mass is 324 g/mol. The van der Waals surface area contributed by atoms with Crippen LogP contribution in [0.25, 0.3) is 6.08 Å². The average molecular weight is 324 g/mol. The SMILES string of the molecule is CC(F)(/C=C\c1ccc(Oc2ccc(F)cc2)o1)N(O)C(N)=O. The predicted molar refractivity (Wildman–Crippen MR) is 76.9 cm³/mol. The smallest absolute Gasteiger partial charge is 0.341 e. The molecule has 1 heterocycles. The van der Waals surface area contributed by atoms with Crippen LogP contribution in [0.5, 0.6) is 11.7 Å². The molecular weight excluding hydrogens is 310 g/mol. The number of hydroxylamine groups is 2. The van der Waals surface area contributed by atoms with Gasteiger partial charge in [0.2, 0.25) is 5.79 Å². The number of alkyl halides is 1. The third kappa shape index (κ3) is 4.30. The molecule has 0 aliphatic carbocycles. The van der Waals surface area contributed by atoms with Gasteiger partial charge in [0.15, 0.2) is 0 Å². The standard InChI is InChI=1S/C15H14F2N2O4/c1-15(17,19(21)14(18)20)9-8-12-6-7-13(23-12)22-11-4-2-10(16)3-5-11/h2-9,21H,1H3,(H2,18,20)/b9-8-. The van der Waals surface area contributed by atoms with Crippen molar-refractivity contribution in [1.29, 1.82) is 0 Å². The Balaban J connectivity index is 2.06. The van der Waals surface area contributed by atoms with E-state index in [2.05, 4.69) is 0 Å². The van der Waals surface area contributed by atoms with Gasteiger partial charge in [-0.15, -0.1) is 0 Å². The molecule has 23 heavy (non-hydrogen) atoms. The van der Waals surface area contributed by atoms with Crippen molar-refractivity contribution >= 4 is 12.1 Å². The molecule has 1 aromatic carbocycles. The molecule has 6 nitrogen and oxygen atoms in total. The van der Waals surface area contributed by atoms with Crippen LogP contribution in [0.2, 0.25) is 0 Å². The van der Waals surface area contributed by atoms with Crippen LogP contribution < -0.4 is 10.5 Å². The maximum absolute atomic E-state index is 14.0. The number of urea groups is 1. The van der Waals surface area contributed by atoms with Gasteiger partial charge >= 0.3 is 6.03 Å². The van der Waals surface area contributed by atoms with Crippen LogP contribution in [0.1, 0.15) is 12.7 Å². The first kappa shape index (κ1) is 16.5. The van der Waals surface area contributed by atoms with E-state index in [0.29, 0.717) is 5.75 Å². The number of benzene rings is 1. The third-order valence-electron chi connectivity index (χ3n) is 2.81. The van der Waals surface area contributed by atoms with Crippen molar-refractivity contribution in [2.24, 2.45) is 5.73 Å². The second-order valence-corrected chi connectivity index (χ2v) is 4.72. The van der Waals surface area contributed by atoms with Gasteiger partial charge in [-0.05, 0) is 49.4 Å². The molecule has 2 rings (SSSR count). The number of primary amides is 1. The number of nitrogens with two attached hydrogens (primary N) is 1. The van der Waals surface area contributed by atoms with Gasteiger partial charge in [0.1, 0.15) is 17.3 Å². The quantitative estimate of drug-likeness (QED) is 0.499. The van der Waals surface area contributed by atoms with E-state index in [-0.39, 0.29) is 16.8 Å². The van der Waals surface area contributed by atoms with E-state index >= 15 is 0 Å². The Morgan fingerprint density at radius 2 is 2.00 bits per heavy atom. The number of rotatable bonds is 5. The van der Waals surface area contributed by atoms with Gasteiger partial charge in [-0.2, -0.15) is 5.06 Å². The van der Waals surface area contributed by atoms with E-state index in [1.54, 1.807) is 0 Å². The van der Waals surface area contributed by atoms with Crippen molar-refractivity contribution in [1.82, 2.24) is 5.06 Å². The number of furan rings is 1. The summed E-state index contributed by atoms with van der Waals surface area (Å²) in [5.41, 5.74) is 4.78. The minimum absolute atomic E-state index is 0.104. The fourth-order valence-electron chi connectivity index (χ4n) is 1.62. The number of carbonyl (C=O) groups excluding carboxylic acids is 1. The molecule has 0 aliphatic rings. The van der Waals surface area contributed by atoms with E-state index in [9.17, 15) is 18.8 Å². The zero-order valence-electron chi connectivity index (χ0n) is 12.1. The minimum atomic E-state index is -2.50. The molecular formula is C15H14F2N2O4. The molecule has 8 heteroatoms. The lowest BCUT2D eigenvalue weighted by Gasteiger charge is -2.24. The van der Waals surface area contributed by atoms with Gasteiger partial charge in [-0.3, -0.25) is 5.21 Å². The van der Waals surface area contributed by atoms with Crippen LogP contribution in [0.15, 0.2) is 46.9 Å².